The maximum atomic E-state index is 13.0. The number of hydrogen-bond donors (Lipinski definition) is 1. The van der Waals surface area contributed by atoms with Gasteiger partial charge < -0.3 is 10.2 Å². The van der Waals surface area contributed by atoms with Gasteiger partial charge in [0.1, 0.15) is 5.82 Å². The van der Waals surface area contributed by atoms with Crippen LogP contribution in [0.25, 0.3) is 0 Å². The number of benzene rings is 1. The predicted octanol–water partition coefficient (Wildman–Crippen LogP) is 2.45. The molecule has 2 saturated heterocycles. The number of rotatable bonds is 4. The summed E-state index contributed by atoms with van der Waals surface area (Å²) in [5.74, 6) is 0.0135. The van der Waals surface area contributed by atoms with Gasteiger partial charge in [-0.1, -0.05) is 12.1 Å². The first-order valence-corrected chi connectivity index (χ1v) is 8.11. The van der Waals surface area contributed by atoms with Crippen LogP contribution >= 0.6 is 24.8 Å². The minimum absolute atomic E-state index is 0. The highest BCUT2D eigenvalue weighted by atomic mass is 35.5. The standard InChI is InChI=1S/C17H24FN3O.2ClH/c1-20(15-8-9-19-11-15)17(22)16-3-2-10-21(16)12-13-4-6-14(18)7-5-13;;/h4-7,15-16,19H,2-3,8-12H2,1H3;2*1H. The van der Waals surface area contributed by atoms with Crippen molar-refractivity contribution >= 4 is 30.7 Å². The van der Waals surface area contributed by atoms with Crippen LogP contribution in [0.5, 0.6) is 0 Å². The van der Waals surface area contributed by atoms with Crippen molar-refractivity contribution in [1.29, 1.82) is 0 Å². The van der Waals surface area contributed by atoms with Crippen molar-refractivity contribution < 1.29 is 9.18 Å². The number of nitrogens with zero attached hydrogens (tertiary/aromatic N) is 2. The molecule has 0 saturated carbocycles. The Morgan fingerprint density at radius 1 is 1.29 bits per heavy atom. The largest absolute Gasteiger partial charge is 0.340 e. The van der Waals surface area contributed by atoms with Crippen molar-refractivity contribution in [3.8, 4) is 0 Å². The number of carbonyl (C=O) groups excluding carboxylic acids is 1. The van der Waals surface area contributed by atoms with Crippen molar-refractivity contribution in [2.24, 2.45) is 0 Å². The summed E-state index contributed by atoms with van der Waals surface area (Å²) in [6.45, 7) is 3.54. The molecule has 0 bridgehead atoms. The molecule has 24 heavy (non-hydrogen) atoms. The van der Waals surface area contributed by atoms with Crippen LogP contribution in [-0.2, 0) is 11.3 Å². The highest BCUT2D eigenvalue weighted by Gasteiger charge is 2.35. The van der Waals surface area contributed by atoms with Gasteiger partial charge in [0.15, 0.2) is 0 Å². The monoisotopic (exact) mass is 377 g/mol. The summed E-state index contributed by atoms with van der Waals surface area (Å²) in [6.07, 6.45) is 3.01. The van der Waals surface area contributed by atoms with E-state index in [1.54, 1.807) is 12.1 Å². The number of carbonyl (C=O) groups is 1. The van der Waals surface area contributed by atoms with E-state index in [1.165, 1.54) is 12.1 Å². The van der Waals surface area contributed by atoms with E-state index in [4.69, 9.17) is 0 Å². The van der Waals surface area contributed by atoms with Crippen molar-refractivity contribution in [3.63, 3.8) is 0 Å². The Morgan fingerprint density at radius 2 is 2.00 bits per heavy atom. The molecule has 1 aromatic carbocycles. The number of amides is 1. The van der Waals surface area contributed by atoms with Gasteiger partial charge in [-0.25, -0.2) is 4.39 Å². The summed E-state index contributed by atoms with van der Waals surface area (Å²) >= 11 is 0. The van der Waals surface area contributed by atoms with E-state index in [0.29, 0.717) is 12.6 Å². The fourth-order valence-electron chi connectivity index (χ4n) is 3.50. The van der Waals surface area contributed by atoms with Gasteiger partial charge in [-0.3, -0.25) is 9.69 Å². The van der Waals surface area contributed by atoms with Gasteiger partial charge in [0.2, 0.25) is 5.91 Å². The van der Waals surface area contributed by atoms with Crippen molar-refractivity contribution in [2.75, 3.05) is 26.7 Å². The van der Waals surface area contributed by atoms with Gasteiger partial charge in [-0.15, -0.1) is 24.8 Å². The molecule has 1 N–H and O–H groups in total. The molecule has 2 aliphatic heterocycles. The van der Waals surface area contributed by atoms with E-state index in [-0.39, 0.29) is 42.6 Å². The fraction of sp³-hybridized carbons (Fsp3) is 0.588. The van der Waals surface area contributed by atoms with Crippen LogP contribution in [0.2, 0.25) is 0 Å². The molecule has 0 aromatic heterocycles. The van der Waals surface area contributed by atoms with Gasteiger partial charge in [-0.2, -0.15) is 0 Å². The summed E-state index contributed by atoms with van der Waals surface area (Å²) in [6, 6.07) is 6.87. The second kappa shape index (κ2) is 9.56. The first-order chi connectivity index (χ1) is 10.6. The summed E-state index contributed by atoms with van der Waals surface area (Å²) < 4.78 is 13.0. The van der Waals surface area contributed by atoms with Crippen molar-refractivity contribution in [1.82, 2.24) is 15.1 Å². The van der Waals surface area contributed by atoms with Crippen LogP contribution in [0.3, 0.4) is 0 Å². The van der Waals surface area contributed by atoms with Crippen LogP contribution in [0, 0.1) is 5.82 Å². The minimum atomic E-state index is -0.216. The third-order valence-electron chi connectivity index (χ3n) is 4.88. The highest BCUT2D eigenvalue weighted by molar-refractivity contribution is 5.85. The molecule has 136 valence electrons. The number of hydrogen-bond acceptors (Lipinski definition) is 3. The van der Waals surface area contributed by atoms with E-state index >= 15 is 0 Å². The molecule has 2 unspecified atom stereocenters. The third-order valence-corrected chi connectivity index (χ3v) is 4.88. The van der Waals surface area contributed by atoms with Gasteiger partial charge >= 0.3 is 0 Å². The molecule has 0 radical (unpaired) electrons. The average Bonchev–Trinajstić information content (AvgIpc) is 3.19. The summed E-state index contributed by atoms with van der Waals surface area (Å²) in [5, 5.41) is 3.31. The summed E-state index contributed by atoms with van der Waals surface area (Å²) in [4.78, 5) is 16.9. The number of likely N-dealkylation sites (N-methyl/N-ethyl adjacent to an activating group) is 1. The molecule has 0 aliphatic carbocycles. The van der Waals surface area contributed by atoms with Crippen LogP contribution < -0.4 is 5.32 Å². The van der Waals surface area contributed by atoms with E-state index < -0.39 is 0 Å². The number of nitrogens with one attached hydrogen (secondary N) is 1. The lowest BCUT2D eigenvalue weighted by Gasteiger charge is -2.31. The topological polar surface area (TPSA) is 35.6 Å². The quantitative estimate of drug-likeness (QED) is 0.875. The molecule has 2 atom stereocenters. The number of halogens is 3. The molecule has 0 spiro atoms. The molecule has 2 heterocycles. The third kappa shape index (κ3) is 4.82. The Morgan fingerprint density at radius 3 is 2.62 bits per heavy atom. The smallest absolute Gasteiger partial charge is 0.239 e. The summed E-state index contributed by atoms with van der Waals surface area (Å²) in [5.41, 5.74) is 1.06. The van der Waals surface area contributed by atoms with Gasteiger partial charge in [0.25, 0.3) is 0 Å². The SMILES string of the molecule is CN(C(=O)C1CCCN1Cc1ccc(F)cc1)C1CCNC1.Cl.Cl. The second-order valence-corrected chi connectivity index (χ2v) is 6.35. The van der Waals surface area contributed by atoms with Gasteiger partial charge in [-0.05, 0) is 50.0 Å². The Balaban J connectivity index is 0.00000144. The zero-order valence-corrected chi connectivity index (χ0v) is 15.5. The Labute approximate surface area is 155 Å². The van der Waals surface area contributed by atoms with Gasteiger partial charge in [0, 0.05) is 26.2 Å². The van der Waals surface area contributed by atoms with Gasteiger partial charge in [0.05, 0.1) is 6.04 Å². The molecule has 7 heteroatoms. The summed E-state index contributed by atoms with van der Waals surface area (Å²) in [7, 11) is 1.92. The molecule has 1 aromatic rings. The van der Waals surface area contributed by atoms with E-state index in [0.717, 1.165) is 44.5 Å². The van der Waals surface area contributed by atoms with Crippen molar-refractivity contribution in [3.05, 3.63) is 35.6 Å². The van der Waals surface area contributed by atoms with E-state index in [9.17, 15) is 9.18 Å². The van der Waals surface area contributed by atoms with Crippen LogP contribution in [-0.4, -0.2) is 54.5 Å². The normalized spacial score (nSPS) is 23.4. The fourth-order valence-corrected chi connectivity index (χ4v) is 3.50. The average molecular weight is 378 g/mol. The zero-order valence-electron chi connectivity index (χ0n) is 13.9. The van der Waals surface area contributed by atoms with Crippen molar-refractivity contribution in [2.45, 2.75) is 37.9 Å². The lowest BCUT2D eigenvalue weighted by molar-refractivity contribution is -0.136. The molecular formula is C17H26Cl2FN3O. The zero-order chi connectivity index (χ0) is 15.5. The predicted molar refractivity (Wildman–Crippen MR) is 98.4 cm³/mol. The first-order valence-electron chi connectivity index (χ1n) is 8.11. The highest BCUT2D eigenvalue weighted by Crippen LogP contribution is 2.23. The lowest BCUT2D eigenvalue weighted by atomic mass is 10.1. The number of likely N-dealkylation sites (tertiary alicyclic amines) is 1. The molecular weight excluding hydrogens is 352 g/mol. The van der Waals surface area contributed by atoms with Crippen LogP contribution in [0.15, 0.2) is 24.3 Å². The lowest BCUT2D eigenvalue weighted by Crippen LogP contribution is -2.48. The minimum Gasteiger partial charge on any atom is -0.340 e. The molecule has 4 nitrogen and oxygen atoms in total. The Hall–Kier alpha value is -0.880. The maximum Gasteiger partial charge on any atom is 0.239 e. The molecule has 2 fully saturated rings. The van der Waals surface area contributed by atoms with E-state index in [1.807, 2.05) is 11.9 Å². The maximum absolute atomic E-state index is 13.0. The Bertz CT molecular complexity index is 523. The molecule has 3 rings (SSSR count). The second-order valence-electron chi connectivity index (χ2n) is 6.35. The first kappa shape index (κ1) is 21.2. The van der Waals surface area contributed by atoms with E-state index in [2.05, 4.69) is 10.2 Å². The molecule has 1 amide bonds. The van der Waals surface area contributed by atoms with Crippen LogP contribution in [0.1, 0.15) is 24.8 Å². The molecule has 2 aliphatic rings. The Kier molecular flexibility index (Phi) is 8.43. The van der Waals surface area contributed by atoms with Crippen LogP contribution in [0.4, 0.5) is 4.39 Å².